The fourth-order valence-electron chi connectivity index (χ4n) is 3.69. The van der Waals surface area contributed by atoms with E-state index in [1.165, 1.54) is 7.11 Å². The second-order valence-corrected chi connectivity index (χ2v) is 13.2. The Balaban J connectivity index is 2.20. The van der Waals surface area contributed by atoms with E-state index in [-0.39, 0.29) is 20.9 Å². The molecule has 4 aromatic rings. The first-order valence-corrected chi connectivity index (χ1v) is 13.5. The molecule has 0 aliphatic carbocycles. The van der Waals surface area contributed by atoms with Crippen LogP contribution in [0.5, 0.6) is 0 Å². The first-order valence-electron chi connectivity index (χ1n) is 10.0. The number of benzene rings is 4. The average Bonchev–Trinajstić information content (AvgIpc) is 2.86. The van der Waals surface area contributed by atoms with Crippen molar-refractivity contribution in [2.45, 2.75) is 0 Å². The molecule has 4 heteroatoms. The van der Waals surface area contributed by atoms with Gasteiger partial charge in [-0.2, -0.15) is 0 Å². The van der Waals surface area contributed by atoms with Crippen LogP contribution in [0.3, 0.4) is 0 Å². The van der Waals surface area contributed by atoms with E-state index >= 15 is 0 Å². The molecule has 0 aliphatic rings. The number of carbonyl (C=O) groups excluding carboxylic acids is 1. The third-order valence-electron chi connectivity index (χ3n) is 5.05. The Hall–Kier alpha value is -2.83. The van der Waals surface area contributed by atoms with Gasteiger partial charge in [-0.25, -0.2) is 0 Å². The van der Waals surface area contributed by atoms with Gasteiger partial charge in [0.15, 0.2) is 0 Å². The minimum absolute atomic E-state index is 0.205. The fraction of sp³-hybridized carbons (Fsp3) is 0.0370. The molecular weight excluding hydrogens is 466 g/mol. The molecule has 0 fully saturated rings. The van der Waals surface area contributed by atoms with Crippen molar-refractivity contribution in [3.05, 3.63) is 121 Å². The number of ether oxygens (including phenoxy) is 1. The molecule has 0 heterocycles. The van der Waals surface area contributed by atoms with Gasteiger partial charge < -0.3 is 0 Å². The summed E-state index contributed by atoms with van der Waals surface area (Å²) in [6, 6.07) is 41.6. The number of carbonyl (C=O) groups is 1. The average molecular weight is 489 g/mol. The van der Waals surface area contributed by atoms with Crippen molar-refractivity contribution in [1.29, 1.82) is 0 Å². The summed E-state index contributed by atoms with van der Waals surface area (Å²) < 4.78 is 7.44. The molecule has 0 bridgehead atoms. The van der Waals surface area contributed by atoms with Crippen LogP contribution in [0.1, 0.15) is 0 Å². The molecule has 0 atom stereocenters. The summed E-state index contributed by atoms with van der Waals surface area (Å²) in [6.07, 6.45) is 0. The van der Waals surface area contributed by atoms with E-state index in [2.05, 4.69) is 84.9 Å². The van der Waals surface area contributed by atoms with Gasteiger partial charge in [0.1, 0.15) is 0 Å². The van der Waals surface area contributed by atoms with Gasteiger partial charge in [-0.05, 0) is 0 Å². The molecule has 0 N–H and O–H groups in total. The molecule has 31 heavy (non-hydrogen) atoms. The van der Waals surface area contributed by atoms with Gasteiger partial charge in [-0.1, -0.05) is 0 Å². The summed E-state index contributed by atoms with van der Waals surface area (Å²) in [6.45, 7) is -2.43. The van der Waals surface area contributed by atoms with Crippen LogP contribution in [0.4, 0.5) is 0 Å². The van der Waals surface area contributed by atoms with Gasteiger partial charge in [-0.15, -0.1) is 0 Å². The number of methoxy groups -OCH3 is 1. The molecule has 0 spiro atoms. The monoisotopic (exact) mass is 490 g/mol. The molecule has 2 nitrogen and oxygen atoms in total. The first kappa shape index (κ1) is 21.4. The molecule has 0 radical (unpaired) electrons. The van der Waals surface area contributed by atoms with Gasteiger partial charge >= 0.3 is 190 Å². The summed E-state index contributed by atoms with van der Waals surface area (Å²) in [7, 11) is 1.49. The predicted octanol–water partition coefficient (Wildman–Crippen LogP) is 3.31. The summed E-state index contributed by atoms with van der Waals surface area (Å²) in [5, 5.41) is 3.47. The Bertz CT molecular complexity index is 1090. The van der Waals surface area contributed by atoms with Crippen LogP contribution in [0.15, 0.2) is 121 Å². The molecule has 0 saturated carbocycles. The van der Waals surface area contributed by atoms with Crippen molar-refractivity contribution >= 4 is 52.4 Å². The van der Waals surface area contributed by atoms with Gasteiger partial charge in [0, 0.05) is 0 Å². The third-order valence-corrected chi connectivity index (χ3v) is 13.1. The van der Waals surface area contributed by atoms with Crippen molar-refractivity contribution in [2.24, 2.45) is 0 Å². The topological polar surface area (TPSA) is 26.3 Å². The summed E-state index contributed by atoms with van der Waals surface area (Å²) >= 11 is -0.205. The number of rotatable bonds is 6. The van der Waals surface area contributed by atoms with E-state index < -0.39 is 6.89 Å². The Morgan fingerprint density at radius 1 is 0.613 bits per heavy atom. The van der Waals surface area contributed by atoms with Crippen molar-refractivity contribution < 1.29 is 9.53 Å². The Morgan fingerprint density at radius 3 is 1.32 bits per heavy atom. The van der Waals surface area contributed by atoms with Gasteiger partial charge in [0.05, 0.1) is 0 Å². The summed E-state index contributed by atoms with van der Waals surface area (Å²) in [5.74, 6) is -0.228. The number of esters is 1. The van der Waals surface area contributed by atoms with Crippen molar-refractivity contribution in [3.63, 3.8) is 0 Å². The Morgan fingerprint density at radius 2 is 0.968 bits per heavy atom. The van der Waals surface area contributed by atoms with E-state index in [4.69, 9.17) is 4.74 Å². The second kappa shape index (κ2) is 9.98. The SMILES string of the molecule is COC(=O)C([Se]c1ccccc1)=P(c1ccccc1)(c1ccccc1)c1ccccc1. The van der Waals surface area contributed by atoms with Gasteiger partial charge in [-0.3, -0.25) is 0 Å². The standard InChI is InChI=1S/C27H23O2PSe/c1-29-26(28)27(31-25-20-12-5-13-21-25)30(22-14-6-2-7-15-22,23-16-8-3-9-17-23)24-18-10-4-11-19-24/h2-21H,1H3. The molecule has 0 unspecified atom stereocenters. The predicted molar refractivity (Wildman–Crippen MR) is 134 cm³/mol. The van der Waals surface area contributed by atoms with Crippen LogP contribution >= 0.6 is 6.89 Å². The van der Waals surface area contributed by atoms with Gasteiger partial charge in [0.25, 0.3) is 0 Å². The number of hydrogen-bond acceptors (Lipinski definition) is 2. The number of hydrogen-bond donors (Lipinski definition) is 0. The van der Waals surface area contributed by atoms with Crippen LogP contribution in [0, 0.1) is 0 Å². The van der Waals surface area contributed by atoms with Crippen molar-refractivity contribution in [3.8, 4) is 0 Å². The van der Waals surface area contributed by atoms with Gasteiger partial charge in [0.2, 0.25) is 0 Å². The summed E-state index contributed by atoms with van der Waals surface area (Å²) in [4.78, 5) is 13.5. The molecule has 154 valence electrons. The zero-order valence-electron chi connectivity index (χ0n) is 17.2. The second-order valence-electron chi connectivity index (χ2n) is 6.89. The zero-order valence-corrected chi connectivity index (χ0v) is 19.8. The molecular formula is C27H23O2PSe. The molecule has 0 amide bonds. The maximum atomic E-state index is 13.5. The molecule has 4 rings (SSSR count). The molecule has 0 aromatic heterocycles. The normalized spacial score (nSPS) is 11.0. The van der Waals surface area contributed by atoms with E-state index in [0.29, 0.717) is 0 Å². The molecule has 0 aliphatic heterocycles. The van der Waals surface area contributed by atoms with Crippen LogP contribution in [-0.2, 0) is 9.53 Å². The van der Waals surface area contributed by atoms with E-state index in [0.717, 1.165) is 24.6 Å². The first-order chi connectivity index (χ1) is 15.3. The zero-order chi connectivity index (χ0) is 21.5. The fourth-order valence-corrected chi connectivity index (χ4v) is 12.5. The Labute approximate surface area is 190 Å². The van der Waals surface area contributed by atoms with Crippen LogP contribution in [0.25, 0.3) is 0 Å². The van der Waals surface area contributed by atoms with Crippen LogP contribution in [0.2, 0.25) is 0 Å². The maximum absolute atomic E-state index is 13.5. The molecule has 4 aromatic carbocycles. The Kier molecular flexibility index (Phi) is 6.89. The molecule has 0 saturated heterocycles. The van der Waals surface area contributed by atoms with Crippen molar-refractivity contribution in [2.75, 3.05) is 7.11 Å². The van der Waals surface area contributed by atoms with E-state index in [1.54, 1.807) is 0 Å². The third kappa shape index (κ3) is 4.31. The summed E-state index contributed by atoms with van der Waals surface area (Å²) in [5.41, 5.74) is 0. The minimum atomic E-state index is -2.43. The van der Waals surface area contributed by atoms with Crippen LogP contribution in [-0.4, -0.2) is 32.2 Å². The quantitative estimate of drug-likeness (QED) is 0.236. The van der Waals surface area contributed by atoms with Crippen LogP contribution < -0.4 is 20.4 Å². The van der Waals surface area contributed by atoms with E-state index in [1.807, 2.05) is 36.4 Å². The van der Waals surface area contributed by atoms with Crippen molar-refractivity contribution in [1.82, 2.24) is 0 Å². The van der Waals surface area contributed by atoms with E-state index in [9.17, 15) is 4.79 Å².